The number of esters is 1. The van der Waals surface area contributed by atoms with Crippen LogP contribution in [0.5, 0.6) is 0 Å². The summed E-state index contributed by atoms with van der Waals surface area (Å²) in [6.45, 7) is 5.44. The van der Waals surface area contributed by atoms with Crippen LogP contribution in [0.15, 0.2) is 47.5 Å². The SMILES string of the molecule is CCOC(=O)CC(=O)c1cc(CC2CCOCC2)cc(F)c1F.Fc1[c-]cc(C=C2CCOCC2)cc1F.Fc1cc(C=C2CCOCC2)cc(C(F)(F)F)c1F.[Y]. The van der Waals surface area contributed by atoms with E-state index in [-0.39, 0.29) is 50.4 Å². The molecule has 3 aliphatic heterocycles. The first-order chi connectivity index (χ1) is 27.1. The number of ketones is 1. The number of carbonyl (C=O) groups excluding carboxylic acids is 2. The molecule has 0 bridgehead atoms. The van der Waals surface area contributed by atoms with Crippen molar-refractivity contribution in [2.45, 2.75) is 64.5 Å². The van der Waals surface area contributed by atoms with Crippen LogP contribution >= 0.6 is 0 Å². The molecule has 58 heavy (non-hydrogen) atoms. The number of benzene rings is 3. The van der Waals surface area contributed by atoms with Crippen LogP contribution < -0.4 is 0 Å². The predicted octanol–water partition coefficient (Wildman–Crippen LogP) is 10.2. The molecule has 0 spiro atoms. The summed E-state index contributed by atoms with van der Waals surface area (Å²) in [5, 5.41) is 0. The third-order valence-electron chi connectivity index (χ3n) is 9.10. The zero-order valence-corrected chi connectivity index (χ0v) is 34.6. The molecule has 3 heterocycles. The third kappa shape index (κ3) is 15.7. The summed E-state index contributed by atoms with van der Waals surface area (Å²) in [6, 6.07) is 8.74. The fourth-order valence-electron chi connectivity index (χ4n) is 6.17. The summed E-state index contributed by atoms with van der Waals surface area (Å²) in [4.78, 5) is 23.4. The van der Waals surface area contributed by atoms with Gasteiger partial charge in [0.1, 0.15) is 6.42 Å². The van der Waals surface area contributed by atoms with E-state index in [4.69, 9.17) is 14.2 Å². The molecule has 0 aromatic heterocycles. The van der Waals surface area contributed by atoms with Crippen molar-refractivity contribution in [1.29, 1.82) is 0 Å². The van der Waals surface area contributed by atoms with Gasteiger partial charge in [0, 0.05) is 57.6 Å². The number of hydrogen-bond acceptors (Lipinski definition) is 6. The van der Waals surface area contributed by atoms with Crippen LogP contribution in [-0.2, 0) is 69.0 Å². The number of hydrogen-bond donors (Lipinski definition) is 0. The normalized spacial score (nSPS) is 15.8. The molecule has 16 heteroatoms. The second kappa shape index (κ2) is 24.0. The van der Waals surface area contributed by atoms with Crippen LogP contribution in [0.1, 0.15) is 84.5 Å². The number of alkyl halides is 3. The fourth-order valence-corrected chi connectivity index (χ4v) is 6.17. The second-order valence-corrected chi connectivity index (χ2v) is 13.4. The van der Waals surface area contributed by atoms with Crippen molar-refractivity contribution in [1.82, 2.24) is 0 Å². The van der Waals surface area contributed by atoms with E-state index in [1.54, 1.807) is 6.92 Å². The molecule has 3 fully saturated rings. The summed E-state index contributed by atoms with van der Waals surface area (Å²) in [5.41, 5.74) is 1.34. The Labute approximate surface area is 356 Å². The van der Waals surface area contributed by atoms with Crippen molar-refractivity contribution >= 4 is 23.9 Å². The van der Waals surface area contributed by atoms with Gasteiger partial charge in [-0.05, 0) is 93.2 Å². The number of rotatable bonds is 8. The summed E-state index contributed by atoms with van der Waals surface area (Å²) in [7, 11) is 0. The Balaban J connectivity index is 0.000000236. The zero-order valence-electron chi connectivity index (χ0n) is 31.7. The monoisotopic (exact) mass is 902 g/mol. The Morgan fingerprint density at radius 3 is 1.83 bits per heavy atom. The molecule has 313 valence electrons. The maximum absolute atomic E-state index is 13.9. The minimum Gasteiger partial charge on any atom is -0.466 e. The smallest absolute Gasteiger partial charge is 0.419 e. The number of ether oxygens (including phenoxy) is 4. The van der Waals surface area contributed by atoms with Gasteiger partial charge in [-0.25, -0.2) is 22.0 Å². The first-order valence-corrected chi connectivity index (χ1v) is 18.4. The van der Waals surface area contributed by atoms with Crippen molar-refractivity contribution in [2.75, 3.05) is 46.2 Å². The number of halogens is 9. The Bertz CT molecular complexity index is 1890. The van der Waals surface area contributed by atoms with Crippen LogP contribution in [-0.4, -0.2) is 58.0 Å². The predicted molar refractivity (Wildman–Crippen MR) is 192 cm³/mol. The van der Waals surface area contributed by atoms with Crippen molar-refractivity contribution in [2.24, 2.45) is 5.92 Å². The second-order valence-electron chi connectivity index (χ2n) is 13.4. The van der Waals surface area contributed by atoms with Crippen LogP contribution in [0.25, 0.3) is 12.2 Å². The summed E-state index contributed by atoms with van der Waals surface area (Å²) in [6.07, 6.45) is 2.98. The molecule has 3 aliphatic rings. The van der Waals surface area contributed by atoms with Gasteiger partial charge < -0.3 is 18.9 Å². The van der Waals surface area contributed by atoms with Gasteiger partial charge in [0.15, 0.2) is 29.1 Å². The largest absolute Gasteiger partial charge is 0.466 e. The molecule has 3 saturated heterocycles. The van der Waals surface area contributed by atoms with Gasteiger partial charge in [0.25, 0.3) is 0 Å². The summed E-state index contributed by atoms with van der Waals surface area (Å²) < 4.78 is 137. The summed E-state index contributed by atoms with van der Waals surface area (Å²) in [5.74, 6) is -8.60. The maximum atomic E-state index is 13.9. The van der Waals surface area contributed by atoms with Crippen LogP contribution in [0.3, 0.4) is 0 Å². The van der Waals surface area contributed by atoms with Gasteiger partial charge in [-0.3, -0.25) is 14.0 Å². The van der Waals surface area contributed by atoms with Gasteiger partial charge in [-0.1, -0.05) is 17.2 Å². The van der Waals surface area contributed by atoms with Gasteiger partial charge >= 0.3 is 12.1 Å². The Morgan fingerprint density at radius 2 is 1.28 bits per heavy atom. The molecule has 3 aromatic rings. The first kappa shape index (κ1) is 49.0. The van der Waals surface area contributed by atoms with Crippen molar-refractivity contribution < 1.29 is 101 Å². The average Bonchev–Trinajstić information content (AvgIpc) is 3.17. The van der Waals surface area contributed by atoms with Gasteiger partial charge in [-0.2, -0.15) is 19.2 Å². The van der Waals surface area contributed by atoms with E-state index in [0.717, 1.165) is 43.4 Å². The molecule has 0 N–H and O–H groups in total. The van der Waals surface area contributed by atoms with E-state index < -0.39 is 64.8 Å². The van der Waals surface area contributed by atoms with Crippen molar-refractivity contribution in [3.05, 3.63) is 116 Å². The number of carbonyl (C=O) groups is 2. The van der Waals surface area contributed by atoms with Gasteiger partial charge in [-0.15, -0.1) is 23.8 Å². The van der Waals surface area contributed by atoms with Crippen LogP contribution in [0.2, 0.25) is 0 Å². The maximum Gasteiger partial charge on any atom is 0.419 e. The number of Topliss-reactive ketones (excluding diaryl/α,β-unsaturated/α-hetero) is 1. The Hall–Kier alpha value is -3.37. The Kier molecular flexibility index (Phi) is 20.3. The minimum atomic E-state index is -4.91. The standard InChI is InChI=1S/C17H20F2O4.C13H11F5O.C12H11F2O.Y/c1-2-23-16(21)10-15(20)13-8-12(9-14(18)17(13)19)7-11-3-5-22-6-4-11;14-11-7-9(5-8-1-3-19-4-2-8)6-10(12(11)15)13(16,17)18;13-11-2-1-10(8-12(11)14)7-9-3-5-15-6-4-9;/h8-9,11H,2-7,10H2,1H3;5-7H,1-4H2;1,7-8H,3-6H2;/q;;-1;. The molecule has 0 aliphatic carbocycles. The quantitative estimate of drug-likeness (QED) is 0.0738. The Morgan fingerprint density at radius 1 is 0.741 bits per heavy atom. The topological polar surface area (TPSA) is 71.1 Å². The molecule has 3 aromatic carbocycles. The molecule has 1 radical (unpaired) electrons. The molecular formula is C42H42F9O6Y-. The molecule has 6 rings (SSSR count). The molecule has 0 unspecified atom stereocenters. The van der Waals surface area contributed by atoms with E-state index in [1.807, 2.05) is 6.08 Å². The average molecular weight is 903 g/mol. The fraction of sp³-hybridized carbons (Fsp3) is 0.429. The van der Waals surface area contributed by atoms with E-state index in [0.29, 0.717) is 82.0 Å². The van der Waals surface area contributed by atoms with E-state index >= 15 is 0 Å². The van der Waals surface area contributed by atoms with Crippen LogP contribution in [0.4, 0.5) is 39.5 Å². The first-order valence-electron chi connectivity index (χ1n) is 18.4. The van der Waals surface area contributed by atoms with Crippen LogP contribution in [0, 0.1) is 46.9 Å². The molecule has 6 nitrogen and oxygen atoms in total. The molecule has 0 atom stereocenters. The molecular weight excluding hydrogens is 860 g/mol. The van der Waals surface area contributed by atoms with E-state index in [9.17, 15) is 49.1 Å². The molecule has 0 saturated carbocycles. The molecule has 0 amide bonds. The summed E-state index contributed by atoms with van der Waals surface area (Å²) >= 11 is 0. The van der Waals surface area contributed by atoms with Gasteiger partial charge in [0.2, 0.25) is 0 Å². The van der Waals surface area contributed by atoms with E-state index in [2.05, 4.69) is 10.8 Å². The van der Waals surface area contributed by atoms with E-state index in [1.165, 1.54) is 29.8 Å². The van der Waals surface area contributed by atoms with Crippen molar-refractivity contribution in [3.63, 3.8) is 0 Å². The minimum absolute atomic E-state index is 0. The van der Waals surface area contributed by atoms with Crippen molar-refractivity contribution in [3.8, 4) is 0 Å². The third-order valence-corrected chi connectivity index (χ3v) is 9.10. The zero-order chi connectivity index (χ0) is 41.5. The van der Waals surface area contributed by atoms with Gasteiger partial charge in [0.05, 0.1) is 44.2 Å².